The highest BCUT2D eigenvalue weighted by Gasteiger charge is 2.42. The van der Waals surface area contributed by atoms with E-state index in [1.807, 2.05) is 132 Å². The van der Waals surface area contributed by atoms with Crippen LogP contribution in [0.15, 0.2) is 180 Å². The molecular weight excluding hydrogens is 1410 g/mol. The number of para-hydroxylation sites is 2. The van der Waals surface area contributed by atoms with E-state index in [0.29, 0.717) is 52.4 Å². The van der Waals surface area contributed by atoms with Gasteiger partial charge in [0.25, 0.3) is 0 Å². The van der Waals surface area contributed by atoms with Crippen LogP contribution < -0.4 is 9.47 Å². The van der Waals surface area contributed by atoms with E-state index in [4.69, 9.17) is 19.1 Å². The number of alkyl halides is 7. The first-order valence-electron chi connectivity index (χ1n) is 37.6. The number of aryl methyl sites for hydroxylation is 6. The number of carbonyl (C=O) groups is 4. The molecule has 0 spiro atoms. The van der Waals surface area contributed by atoms with Crippen molar-refractivity contribution in [1.82, 2.24) is 9.13 Å². The van der Waals surface area contributed by atoms with E-state index in [9.17, 15) is 40.3 Å². The third-order valence-corrected chi connectivity index (χ3v) is 21.0. The van der Waals surface area contributed by atoms with E-state index < -0.39 is 43.7 Å². The standard InChI is InChI=1S/C91H89F7N4O8/c1-11-14-26-60(12-2)49-101-77-39-38-64(84(100-110-59(10)104)70-34-23-25-36-80(70)108-52-91(96,97)98)46-71(77)74-48-76(66-30-19-21-32-68(66)85(74)101)88(106)82-56(7)43-62(44-57(82)8)28-17-15-16-27-61(13-3)50-102-78-40-37-63(83(99-109-58(9)103)69-33-22-24-35-79(69)107-51-90(94,95)89(92)93)45-72(78)73-47-75(65-29-18-20-31-67(65)86(73)102)87(105)81-54(5)41-53(4)42-55(81)6/h18-25,29-48,60-61,89H,11-17,26-28,49-52H2,1-10H3/b99-83-,100-84-. The Labute approximate surface area is 634 Å². The van der Waals surface area contributed by atoms with E-state index >= 15 is 9.59 Å². The van der Waals surface area contributed by atoms with Crippen molar-refractivity contribution in [2.24, 2.45) is 22.1 Å². The van der Waals surface area contributed by atoms with Crippen molar-refractivity contribution in [3.8, 4) is 11.5 Å². The molecule has 0 amide bonds. The van der Waals surface area contributed by atoms with Crippen LogP contribution in [-0.2, 0) is 38.8 Å². The molecule has 2 unspecified atom stereocenters. The molecule has 2 heterocycles. The number of ether oxygens (including phenoxy) is 2. The van der Waals surface area contributed by atoms with Crippen LogP contribution in [0.2, 0.25) is 0 Å². The molecule has 0 radical (unpaired) electrons. The molecule has 0 saturated heterocycles. The number of carbonyl (C=O) groups excluding carboxylic acids is 4. The number of ketones is 2. The summed E-state index contributed by atoms with van der Waals surface area (Å²) in [5, 5.41) is 14.8. The van der Waals surface area contributed by atoms with Crippen LogP contribution in [0.25, 0.3) is 65.2 Å². The number of oxime groups is 2. The predicted molar refractivity (Wildman–Crippen MR) is 422 cm³/mol. The second-order valence-electron chi connectivity index (χ2n) is 29.0. The third kappa shape index (κ3) is 16.8. The lowest BCUT2D eigenvalue weighted by atomic mass is 9.88. The number of nitrogens with zero attached hydrogens (tertiary/aromatic N) is 4. The van der Waals surface area contributed by atoms with Gasteiger partial charge in [0.2, 0.25) is 0 Å². The number of halogens is 7. The minimum atomic E-state index is -4.63. The zero-order chi connectivity index (χ0) is 78.5. The maximum atomic E-state index is 15.6. The molecule has 0 bridgehead atoms. The van der Waals surface area contributed by atoms with Crippen molar-refractivity contribution in [3.05, 3.63) is 248 Å². The Balaban J connectivity index is 0.848. The molecule has 19 heteroatoms. The minimum absolute atomic E-state index is 0.0110. The molecule has 0 aliphatic carbocycles. The van der Waals surface area contributed by atoms with Crippen molar-refractivity contribution in [3.63, 3.8) is 0 Å². The number of fused-ring (bicyclic) bond motifs is 10. The van der Waals surface area contributed by atoms with Crippen molar-refractivity contribution < 1.29 is 69.1 Å². The van der Waals surface area contributed by atoms with Gasteiger partial charge < -0.3 is 28.3 Å². The van der Waals surface area contributed by atoms with Gasteiger partial charge in [0.1, 0.15) is 22.9 Å². The SMILES string of the molecule is CCCCC(CC)Cn1c2ccc(/C(=N/OC(C)=O)c3ccccc3OCC(F)(F)F)cc2c2cc(C(=O)c3c(C)cc(CCCCCC(CC)Cn4c5ccc(/C(=N/OC(C)=O)c6ccccc6OCC(F)(F)C(F)F)cc5c5cc(C(=O)c6c(C)cc(C)cc6C)c6ccccc6c54)cc3C)c3ccccc3c21. The van der Waals surface area contributed by atoms with E-state index in [1.54, 1.807) is 30.3 Å². The maximum Gasteiger partial charge on any atom is 0.422 e. The number of hydrogen-bond donors (Lipinski definition) is 0. The van der Waals surface area contributed by atoms with Crippen LogP contribution in [0, 0.1) is 46.5 Å². The molecule has 10 aromatic carbocycles. The first-order valence-corrected chi connectivity index (χ1v) is 37.6. The molecule has 12 rings (SSSR count). The molecule has 0 aliphatic rings. The Morgan fingerprint density at radius 2 is 0.864 bits per heavy atom. The number of aromatic nitrogens is 2. The van der Waals surface area contributed by atoms with Crippen LogP contribution in [0.4, 0.5) is 30.7 Å². The van der Waals surface area contributed by atoms with Crippen molar-refractivity contribution in [2.45, 2.75) is 165 Å². The molecule has 12 nitrogen and oxygen atoms in total. The Hall–Kier alpha value is -11.0. The normalized spacial score (nSPS) is 13.0. The van der Waals surface area contributed by atoms with Gasteiger partial charge in [0, 0.05) is 115 Å². The minimum Gasteiger partial charge on any atom is -0.486 e. The van der Waals surface area contributed by atoms with Crippen LogP contribution in [-0.4, -0.2) is 75.8 Å². The highest BCUT2D eigenvalue weighted by atomic mass is 19.4. The van der Waals surface area contributed by atoms with E-state index in [-0.39, 0.29) is 51.5 Å². The van der Waals surface area contributed by atoms with Crippen molar-refractivity contribution in [2.75, 3.05) is 13.2 Å². The topological polar surface area (TPSA) is 140 Å². The fourth-order valence-electron chi connectivity index (χ4n) is 15.8. The summed E-state index contributed by atoms with van der Waals surface area (Å²) < 4.78 is 112. The summed E-state index contributed by atoms with van der Waals surface area (Å²) >= 11 is 0. The van der Waals surface area contributed by atoms with Gasteiger partial charge in [-0.25, -0.2) is 18.4 Å². The first-order chi connectivity index (χ1) is 52.7. The molecular formula is C91H89F7N4O8. The second kappa shape index (κ2) is 33.5. The Morgan fingerprint density at radius 1 is 0.445 bits per heavy atom. The van der Waals surface area contributed by atoms with Crippen LogP contribution in [0.3, 0.4) is 0 Å². The summed E-state index contributed by atoms with van der Waals surface area (Å²) in [7, 11) is 0. The van der Waals surface area contributed by atoms with Gasteiger partial charge in [0.05, 0.1) is 11.0 Å². The average Bonchev–Trinajstić information content (AvgIpc) is 1.56. The molecule has 0 fully saturated rings. The van der Waals surface area contributed by atoms with E-state index in [0.717, 1.165) is 170 Å². The average molecular weight is 1500 g/mol. The van der Waals surface area contributed by atoms with Gasteiger partial charge in [-0.15, -0.1) is 0 Å². The smallest absolute Gasteiger partial charge is 0.422 e. The van der Waals surface area contributed by atoms with Crippen molar-refractivity contribution >= 4 is 100 Å². The lowest BCUT2D eigenvalue weighted by molar-refractivity contribution is -0.153. The van der Waals surface area contributed by atoms with E-state index in [1.165, 1.54) is 31.2 Å². The van der Waals surface area contributed by atoms with Gasteiger partial charge in [-0.05, 0) is 171 Å². The lowest BCUT2D eigenvalue weighted by Gasteiger charge is -2.19. The van der Waals surface area contributed by atoms with Gasteiger partial charge in [-0.2, -0.15) is 22.0 Å². The number of hydrogen-bond acceptors (Lipinski definition) is 10. The Bertz CT molecular complexity index is 5550. The second-order valence-corrected chi connectivity index (χ2v) is 29.0. The van der Waals surface area contributed by atoms with Gasteiger partial charge in [-0.1, -0.05) is 184 Å². The maximum absolute atomic E-state index is 15.6. The van der Waals surface area contributed by atoms with Crippen LogP contribution >= 0.6 is 0 Å². The van der Waals surface area contributed by atoms with Crippen LogP contribution in [0.5, 0.6) is 11.5 Å². The molecule has 0 aliphatic heterocycles. The van der Waals surface area contributed by atoms with E-state index in [2.05, 4.69) is 58.4 Å². The summed E-state index contributed by atoms with van der Waals surface area (Å²) in [5.41, 5.74) is 12.5. The summed E-state index contributed by atoms with van der Waals surface area (Å²) in [4.78, 5) is 66.1. The van der Waals surface area contributed by atoms with Gasteiger partial charge in [-0.3, -0.25) is 9.59 Å². The Morgan fingerprint density at radius 3 is 1.29 bits per heavy atom. The fraction of sp³-hybridized carbons (Fsp3) is 0.319. The fourth-order valence-corrected chi connectivity index (χ4v) is 15.8. The molecule has 570 valence electrons. The molecule has 0 N–H and O–H groups in total. The molecule has 2 atom stereocenters. The Kier molecular flexibility index (Phi) is 23.9. The largest absolute Gasteiger partial charge is 0.486 e. The monoisotopic (exact) mass is 1500 g/mol. The summed E-state index contributed by atoms with van der Waals surface area (Å²) in [6.07, 6.45) is 0.632. The van der Waals surface area contributed by atoms with Gasteiger partial charge in [0.15, 0.2) is 24.8 Å². The summed E-state index contributed by atoms with van der Waals surface area (Å²) in [5.74, 6) is -6.05. The first kappa shape index (κ1) is 78.6. The third-order valence-electron chi connectivity index (χ3n) is 21.0. The highest BCUT2D eigenvalue weighted by molar-refractivity contribution is 6.29. The molecule has 110 heavy (non-hydrogen) atoms. The number of rotatable bonds is 31. The molecule has 0 saturated carbocycles. The molecule has 12 aromatic rings. The van der Waals surface area contributed by atoms with Crippen LogP contribution in [0.1, 0.15) is 180 Å². The number of unbranched alkanes of at least 4 members (excludes halogenated alkanes) is 3. The zero-order valence-electron chi connectivity index (χ0n) is 63.5. The number of benzene rings is 10. The van der Waals surface area contributed by atoms with Crippen molar-refractivity contribution in [1.29, 1.82) is 0 Å². The quantitative estimate of drug-likeness (QED) is 0.0104. The molecule has 2 aromatic heterocycles. The summed E-state index contributed by atoms with van der Waals surface area (Å²) in [6, 6.07) is 51.4. The predicted octanol–water partition coefficient (Wildman–Crippen LogP) is 23.1. The summed E-state index contributed by atoms with van der Waals surface area (Å²) in [6.45, 7) is 16.8. The highest BCUT2D eigenvalue weighted by Crippen LogP contribution is 2.43. The zero-order valence-corrected chi connectivity index (χ0v) is 63.5. The lowest BCUT2D eigenvalue weighted by Crippen LogP contribution is -2.34. The van der Waals surface area contributed by atoms with Gasteiger partial charge >= 0.3 is 30.5 Å².